The first-order valence-corrected chi connectivity index (χ1v) is 12.6. The van der Waals surface area contributed by atoms with Crippen LogP contribution in [0, 0.1) is 6.92 Å². The molecule has 0 aliphatic carbocycles. The number of thioether (sulfide) groups is 1. The first-order valence-electron chi connectivity index (χ1n) is 9.64. The van der Waals surface area contributed by atoms with Crippen molar-refractivity contribution in [3.05, 3.63) is 53.1 Å². The van der Waals surface area contributed by atoms with Gasteiger partial charge in [0.2, 0.25) is 15.8 Å². The molecule has 160 valence electrons. The second-order valence-corrected chi connectivity index (χ2v) is 10.8. The third kappa shape index (κ3) is 3.76. The number of hydrogen-bond donors (Lipinski definition) is 0. The average Bonchev–Trinajstić information content (AvgIpc) is 3.40. The van der Waals surface area contributed by atoms with Crippen molar-refractivity contribution in [2.45, 2.75) is 11.8 Å². The molecule has 1 aliphatic heterocycles. The summed E-state index contributed by atoms with van der Waals surface area (Å²) in [6.45, 7) is 2.90. The summed E-state index contributed by atoms with van der Waals surface area (Å²) in [6, 6.07) is 12.0. The Morgan fingerprint density at radius 3 is 2.58 bits per heavy atom. The molecule has 0 bridgehead atoms. The molecule has 7 nitrogen and oxygen atoms in total. The molecular weight excluding hydrogens is 458 g/mol. The van der Waals surface area contributed by atoms with E-state index in [1.54, 1.807) is 54.2 Å². The SMILES string of the molecule is Cc1c(-c2nc(-c3ccc(Cl)cc3)no2)oc2ccc(S(=O)(=O)N3CCSCC3)cc12. The maximum absolute atomic E-state index is 13.0. The minimum absolute atomic E-state index is 0.233. The third-order valence-corrected chi connectivity index (χ3v) is 8.33. The second kappa shape index (κ2) is 7.98. The van der Waals surface area contributed by atoms with E-state index in [0.717, 1.165) is 22.6 Å². The molecule has 4 aromatic rings. The Morgan fingerprint density at radius 2 is 1.84 bits per heavy atom. The molecule has 2 aromatic heterocycles. The van der Waals surface area contributed by atoms with Gasteiger partial charge in [0.1, 0.15) is 5.58 Å². The van der Waals surface area contributed by atoms with Crippen molar-refractivity contribution >= 4 is 44.4 Å². The van der Waals surface area contributed by atoms with Crippen molar-refractivity contribution in [3.63, 3.8) is 0 Å². The fourth-order valence-electron chi connectivity index (χ4n) is 3.53. The highest BCUT2D eigenvalue weighted by Crippen LogP contribution is 2.35. The van der Waals surface area contributed by atoms with Gasteiger partial charge in [-0.05, 0) is 49.4 Å². The Balaban J connectivity index is 1.52. The zero-order valence-corrected chi connectivity index (χ0v) is 18.9. The van der Waals surface area contributed by atoms with Crippen molar-refractivity contribution in [2.75, 3.05) is 24.6 Å². The molecule has 10 heteroatoms. The fourth-order valence-corrected chi connectivity index (χ4v) is 6.26. The predicted molar refractivity (Wildman–Crippen MR) is 121 cm³/mol. The van der Waals surface area contributed by atoms with Gasteiger partial charge in [0, 0.05) is 46.1 Å². The highest BCUT2D eigenvalue weighted by atomic mass is 35.5. The molecule has 31 heavy (non-hydrogen) atoms. The van der Waals surface area contributed by atoms with E-state index in [4.69, 9.17) is 20.5 Å². The number of sulfonamides is 1. The van der Waals surface area contributed by atoms with Crippen LogP contribution in [0.4, 0.5) is 0 Å². The number of halogens is 1. The van der Waals surface area contributed by atoms with Crippen LogP contribution >= 0.6 is 23.4 Å². The fraction of sp³-hybridized carbons (Fsp3) is 0.238. The normalized spacial score (nSPS) is 15.5. The number of aryl methyl sites for hydroxylation is 1. The monoisotopic (exact) mass is 475 g/mol. The molecule has 1 aliphatic rings. The lowest BCUT2D eigenvalue weighted by atomic mass is 10.1. The standard InChI is InChI=1S/C21H18ClN3O4S2/c1-13-17-12-16(31(26,27)25-8-10-30-11-9-25)6-7-18(17)28-19(13)21-23-20(24-29-21)14-2-4-15(22)5-3-14/h2-7,12H,8-11H2,1H3. The van der Waals surface area contributed by atoms with Crippen molar-refractivity contribution in [3.8, 4) is 23.0 Å². The van der Waals surface area contributed by atoms with Gasteiger partial charge in [0.25, 0.3) is 5.89 Å². The molecule has 1 fully saturated rings. The van der Waals surface area contributed by atoms with Crippen molar-refractivity contribution < 1.29 is 17.4 Å². The van der Waals surface area contributed by atoms with E-state index in [2.05, 4.69) is 10.1 Å². The molecule has 0 atom stereocenters. The van der Waals surface area contributed by atoms with E-state index in [9.17, 15) is 8.42 Å². The molecule has 3 heterocycles. The Hall–Kier alpha value is -2.33. The number of fused-ring (bicyclic) bond motifs is 1. The Labute approximate surface area is 188 Å². The summed E-state index contributed by atoms with van der Waals surface area (Å²) in [5, 5.41) is 5.35. The van der Waals surface area contributed by atoms with Crippen LogP contribution in [0.2, 0.25) is 5.02 Å². The molecule has 0 saturated carbocycles. The number of hydrogen-bond acceptors (Lipinski definition) is 7. The molecule has 0 amide bonds. The first-order chi connectivity index (χ1) is 14.9. The van der Waals surface area contributed by atoms with Crippen molar-refractivity contribution in [2.24, 2.45) is 0 Å². The highest BCUT2D eigenvalue weighted by Gasteiger charge is 2.27. The van der Waals surface area contributed by atoms with E-state index < -0.39 is 10.0 Å². The van der Waals surface area contributed by atoms with Crippen LogP contribution in [0.3, 0.4) is 0 Å². The lowest BCUT2D eigenvalue weighted by molar-refractivity contribution is 0.419. The average molecular weight is 476 g/mol. The summed E-state index contributed by atoms with van der Waals surface area (Å²) in [5.41, 5.74) is 2.07. The Morgan fingerprint density at radius 1 is 1.10 bits per heavy atom. The minimum Gasteiger partial charge on any atom is -0.451 e. The van der Waals surface area contributed by atoms with Crippen LogP contribution in [-0.2, 0) is 10.0 Å². The Kier molecular flexibility index (Phi) is 5.29. The molecule has 1 saturated heterocycles. The summed E-state index contributed by atoms with van der Waals surface area (Å²) >= 11 is 7.70. The zero-order chi connectivity index (χ0) is 21.6. The van der Waals surface area contributed by atoms with E-state index in [1.807, 2.05) is 6.92 Å². The van der Waals surface area contributed by atoms with E-state index >= 15 is 0 Å². The summed E-state index contributed by atoms with van der Waals surface area (Å²) < 4.78 is 39.0. The second-order valence-electron chi connectivity index (χ2n) is 7.16. The predicted octanol–water partition coefficient (Wildman–Crippen LogP) is 4.85. The number of benzene rings is 2. The highest BCUT2D eigenvalue weighted by molar-refractivity contribution is 7.99. The van der Waals surface area contributed by atoms with E-state index in [-0.39, 0.29) is 10.8 Å². The lowest BCUT2D eigenvalue weighted by Gasteiger charge is -2.25. The van der Waals surface area contributed by atoms with E-state index in [0.29, 0.717) is 40.7 Å². The van der Waals surface area contributed by atoms with Gasteiger partial charge in [0.05, 0.1) is 4.90 Å². The maximum atomic E-state index is 13.0. The van der Waals surface area contributed by atoms with Crippen molar-refractivity contribution in [1.82, 2.24) is 14.4 Å². The van der Waals surface area contributed by atoms with Crippen LogP contribution in [0.1, 0.15) is 5.56 Å². The lowest BCUT2D eigenvalue weighted by Crippen LogP contribution is -2.37. The number of rotatable bonds is 4. The number of aromatic nitrogens is 2. The number of nitrogens with zero attached hydrogens (tertiary/aromatic N) is 3. The van der Waals surface area contributed by atoms with E-state index in [1.165, 1.54) is 4.31 Å². The zero-order valence-electron chi connectivity index (χ0n) is 16.5. The van der Waals surface area contributed by atoms with Gasteiger partial charge in [-0.25, -0.2) is 8.42 Å². The molecule has 0 spiro atoms. The molecule has 0 unspecified atom stereocenters. The molecular formula is C21H18ClN3O4S2. The van der Waals surface area contributed by atoms with Gasteiger partial charge in [-0.2, -0.15) is 21.1 Å². The largest absolute Gasteiger partial charge is 0.451 e. The molecule has 2 aromatic carbocycles. The van der Waals surface area contributed by atoms with Gasteiger partial charge >= 0.3 is 0 Å². The minimum atomic E-state index is -3.54. The van der Waals surface area contributed by atoms with Gasteiger partial charge in [0.15, 0.2) is 5.76 Å². The Bertz CT molecular complexity index is 1360. The first kappa shape index (κ1) is 20.6. The van der Waals surface area contributed by atoms with Gasteiger partial charge in [-0.1, -0.05) is 16.8 Å². The van der Waals surface area contributed by atoms with Crippen molar-refractivity contribution in [1.29, 1.82) is 0 Å². The smallest absolute Gasteiger partial charge is 0.294 e. The van der Waals surface area contributed by atoms with Gasteiger partial charge in [-0.3, -0.25) is 0 Å². The van der Waals surface area contributed by atoms with Crippen LogP contribution < -0.4 is 0 Å². The summed E-state index contributed by atoms with van der Waals surface area (Å²) in [6.07, 6.45) is 0. The molecule has 0 N–H and O–H groups in total. The van der Waals surface area contributed by atoms with Crippen LogP contribution in [0.5, 0.6) is 0 Å². The van der Waals surface area contributed by atoms with Crippen LogP contribution in [0.15, 0.2) is 56.3 Å². The molecule has 5 rings (SSSR count). The quantitative estimate of drug-likeness (QED) is 0.416. The summed E-state index contributed by atoms with van der Waals surface area (Å²) in [5.74, 6) is 2.69. The maximum Gasteiger partial charge on any atom is 0.294 e. The van der Waals surface area contributed by atoms with Crippen LogP contribution in [-0.4, -0.2) is 47.5 Å². The summed E-state index contributed by atoms with van der Waals surface area (Å²) in [4.78, 5) is 4.70. The third-order valence-electron chi connectivity index (χ3n) is 5.24. The number of furan rings is 1. The summed E-state index contributed by atoms with van der Waals surface area (Å²) in [7, 11) is -3.54. The van der Waals surface area contributed by atoms with Gasteiger partial charge < -0.3 is 8.94 Å². The van der Waals surface area contributed by atoms with Crippen LogP contribution in [0.25, 0.3) is 34.0 Å². The van der Waals surface area contributed by atoms with Gasteiger partial charge in [-0.15, -0.1) is 0 Å². The molecule has 0 radical (unpaired) electrons. The topological polar surface area (TPSA) is 89.4 Å².